The van der Waals surface area contributed by atoms with E-state index in [1.54, 1.807) is 24.7 Å². The zero-order valence-electron chi connectivity index (χ0n) is 9.93. The molecule has 0 aliphatic heterocycles. The Morgan fingerprint density at radius 2 is 1.95 bits per heavy atom. The van der Waals surface area contributed by atoms with Gasteiger partial charge in [-0.25, -0.2) is 9.97 Å². The van der Waals surface area contributed by atoms with Gasteiger partial charge in [0.05, 0.1) is 16.8 Å². The van der Waals surface area contributed by atoms with Crippen LogP contribution in [0.15, 0.2) is 48.9 Å². The van der Waals surface area contributed by atoms with Crippen LogP contribution in [0.4, 0.5) is 5.69 Å². The number of nitrogens with zero attached hydrogens (tertiary/aromatic N) is 4. The fraction of sp³-hybridized carbons (Fsp3) is 0.0769. The highest BCUT2D eigenvalue weighted by Gasteiger charge is 2.06. The summed E-state index contributed by atoms with van der Waals surface area (Å²) in [5.74, 6) is 0. The number of nitro groups is 1. The minimum absolute atomic E-state index is 0.0981. The van der Waals surface area contributed by atoms with E-state index in [1.807, 2.05) is 16.7 Å². The number of nitro benzene ring substituents is 1. The maximum atomic E-state index is 10.6. The second-order valence-electron chi connectivity index (χ2n) is 4.14. The molecule has 0 bridgehead atoms. The number of non-ortho nitro benzene ring substituents is 1. The molecule has 2 heterocycles. The monoisotopic (exact) mass is 254 g/mol. The van der Waals surface area contributed by atoms with Gasteiger partial charge in [0.15, 0.2) is 5.65 Å². The zero-order valence-corrected chi connectivity index (χ0v) is 9.93. The Morgan fingerprint density at radius 3 is 2.68 bits per heavy atom. The van der Waals surface area contributed by atoms with Crippen LogP contribution < -0.4 is 0 Å². The van der Waals surface area contributed by atoms with Crippen molar-refractivity contribution in [3.63, 3.8) is 0 Å². The molecule has 0 aliphatic rings. The summed E-state index contributed by atoms with van der Waals surface area (Å²) >= 11 is 0. The van der Waals surface area contributed by atoms with Crippen molar-refractivity contribution in [2.45, 2.75) is 6.54 Å². The average molecular weight is 254 g/mol. The SMILES string of the molecule is O=[N+]([O-])c1ccc(Cn2cnc3ncccc32)cc1. The molecule has 2 aromatic heterocycles. The number of benzene rings is 1. The quantitative estimate of drug-likeness (QED) is 0.531. The van der Waals surface area contributed by atoms with Crippen LogP contribution in [-0.4, -0.2) is 19.5 Å². The smallest absolute Gasteiger partial charge is 0.269 e. The van der Waals surface area contributed by atoms with E-state index in [9.17, 15) is 10.1 Å². The van der Waals surface area contributed by atoms with Crippen molar-refractivity contribution in [1.82, 2.24) is 14.5 Å². The molecule has 0 radical (unpaired) electrons. The number of aromatic nitrogens is 3. The molecular formula is C13H10N4O2. The summed E-state index contributed by atoms with van der Waals surface area (Å²) in [7, 11) is 0. The van der Waals surface area contributed by atoms with E-state index >= 15 is 0 Å². The van der Waals surface area contributed by atoms with Crippen molar-refractivity contribution < 1.29 is 4.92 Å². The molecule has 3 rings (SSSR count). The van der Waals surface area contributed by atoms with Gasteiger partial charge in [-0.2, -0.15) is 0 Å². The van der Waals surface area contributed by atoms with E-state index in [2.05, 4.69) is 9.97 Å². The second kappa shape index (κ2) is 4.49. The number of fused-ring (bicyclic) bond motifs is 1. The van der Waals surface area contributed by atoms with Gasteiger partial charge in [-0.1, -0.05) is 12.1 Å². The van der Waals surface area contributed by atoms with E-state index < -0.39 is 4.92 Å². The number of imidazole rings is 1. The Kier molecular flexibility index (Phi) is 2.68. The summed E-state index contributed by atoms with van der Waals surface area (Å²) in [5, 5.41) is 10.6. The van der Waals surface area contributed by atoms with Gasteiger partial charge in [0, 0.05) is 24.9 Å². The fourth-order valence-corrected chi connectivity index (χ4v) is 1.94. The van der Waals surface area contributed by atoms with Gasteiger partial charge in [0.25, 0.3) is 5.69 Å². The van der Waals surface area contributed by atoms with Gasteiger partial charge in [-0.15, -0.1) is 0 Å². The minimum atomic E-state index is -0.402. The van der Waals surface area contributed by atoms with Crippen molar-refractivity contribution in [2.24, 2.45) is 0 Å². The second-order valence-corrected chi connectivity index (χ2v) is 4.14. The van der Waals surface area contributed by atoms with Gasteiger partial charge in [0.1, 0.15) is 0 Å². The van der Waals surface area contributed by atoms with Crippen LogP contribution in [0.1, 0.15) is 5.56 Å². The molecule has 19 heavy (non-hydrogen) atoms. The predicted molar refractivity (Wildman–Crippen MR) is 69.7 cm³/mol. The highest BCUT2D eigenvalue weighted by molar-refractivity contribution is 5.70. The van der Waals surface area contributed by atoms with Gasteiger partial charge in [-0.3, -0.25) is 10.1 Å². The molecule has 6 nitrogen and oxygen atoms in total. The molecule has 0 saturated carbocycles. The van der Waals surface area contributed by atoms with Gasteiger partial charge in [-0.05, 0) is 17.7 Å². The van der Waals surface area contributed by atoms with Crippen LogP contribution in [0.3, 0.4) is 0 Å². The topological polar surface area (TPSA) is 73.8 Å². The highest BCUT2D eigenvalue weighted by atomic mass is 16.6. The van der Waals surface area contributed by atoms with Crippen molar-refractivity contribution in [3.8, 4) is 0 Å². The first kappa shape index (κ1) is 11.3. The Labute approximate surface area is 108 Å². The molecular weight excluding hydrogens is 244 g/mol. The largest absolute Gasteiger partial charge is 0.325 e. The zero-order chi connectivity index (χ0) is 13.2. The first-order valence-electron chi connectivity index (χ1n) is 5.73. The van der Waals surface area contributed by atoms with Gasteiger partial charge >= 0.3 is 0 Å². The van der Waals surface area contributed by atoms with Crippen LogP contribution in [-0.2, 0) is 6.54 Å². The lowest BCUT2D eigenvalue weighted by atomic mass is 10.2. The first-order valence-corrected chi connectivity index (χ1v) is 5.73. The van der Waals surface area contributed by atoms with Gasteiger partial charge < -0.3 is 4.57 Å². The highest BCUT2D eigenvalue weighted by Crippen LogP contribution is 2.15. The minimum Gasteiger partial charge on any atom is -0.325 e. The lowest BCUT2D eigenvalue weighted by Gasteiger charge is -2.03. The van der Waals surface area contributed by atoms with E-state index in [0.29, 0.717) is 12.2 Å². The maximum absolute atomic E-state index is 10.6. The number of rotatable bonds is 3. The van der Waals surface area contributed by atoms with Crippen molar-refractivity contribution in [1.29, 1.82) is 0 Å². The maximum Gasteiger partial charge on any atom is 0.269 e. The summed E-state index contributed by atoms with van der Waals surface area (Å²) in [6, 6.07) is 10.3. The molecule has 0 saturated heterocycles. The first-order chi connectivity index (χ1) is 9.24. The molecule has 0 atom stereocenters. The molecule has 94 valence electrons. The van der Waals surface area contributed by atoms with Crippen molar-refractivity contribution >= 4 is 16.9 Å². The molecule has 0 unspecified atom stereocenters. The summed E-state index contributed by atoms with van der Waals surface area (Å²) in [4.78, 5) is 18.5. The summed E-state index contributed by atoms with van der Waals surface area (Å²) in [6.45, 7) is 0.611. The number of hydrogen-bond donors (Lipinski definition) is 0. The van der Waals surface area contributed by atoms with Gasteiger partial charge in [0.2, 0.25) is 0 Å². The molecule has 0 amide bonds. The van der Waals surface area contributed by atoms with Crippen molar-refractivity contribution in [2.75, 3.05) is 0 Å². The number of pyridine rings is 1. The Morgan fingerprint density at radius 1 is 1.16 bits per heavy atom. The Hall–Kier alpha value is -2.76. The molecule has 3 aromatic rings. The molecule has 0 aliphatic carbocycles. The molecule has 0 N–H and O–H groups in total. The normalized spacial score (nSPS) is 10.7. The third kappa shape index (κ3) is 2.15. The average Bonchev–Trinajstić information content (AvgIpc) is 2.83. The van der Waals surface area contributed by atoms with Crippen LogP contribution in [0.5, 0.6) is 0 Å². The van der Waals surface area contributed by atoms with E-state index in [4.69, 9.17) is 0 Å². The van der Waals surface area contributed by atoms with Crippen molar-refractivity contribution in [3.05, 3.63) is 64.6 Å². The molecule has 1 aromatic carbocycles. The molecule has 0 spiro atoms. The van der Waals surface area contributed by atoms with Crippen LogP contribution in [0, 0.1) is 10.1 Å². The Balaban J connectivity index is 1.90. The third-order valence-electron chi connectivity index (χ3n) is 2.89. The van der Waals surface area contributed by atoms with Crippen LogP contribution in [0.25, 0.3) is 11.2 Å². The standard InChI is InChI=1S/C13H10N4O2/c18-17(19)11-5-3-10(4-6-11)8-16-9-15-13-12(16)2-1-7-14-13/h1-7,9H,8H2. The lowest BCUT2D eigenvalue weighted by molar-refractivity contribution is -0.384. The lowest BCUT2D eigenvalue weighted by Crippen LogP contribution is -1.98. The van der Waals surface area contributed by atoms with E-state index in [-0.39, 0.29) is 5.69 Å². The number of hydrogen-bond acceptors (Lipinski definition) is 4. The van der Waals surface area contributed by atoms with Crippen LogP contribution in [0.2, 0.25) is 0 Å². The van der Waals surface area contributed by atoms with Crippen LogP contribution >= 0.6 is 0 Å². The molecule has 0 fully saturated rings. The summed E-state index contributed by atoms with van der Waals surface area (Å²) in [6.07, 6.45) is 3.42. The molecule has 6 heteroatoms. The fourth-order valence-electron chi connectivity index (χ4n) is 1.94. The third-order valence-corrected chi connectivity index (χ3v) is 2.89. The predicted octanol–water partition coefficient (Wildman–Crippen LogP) is 2.39. The Bertz CT molecular complexity index is 734. The summed E-state index contributed by atoms with van der Waals surface area (Å²) < 4.78 is 1.96. The van der Waals surface area contributed by atoms with E-state index in [0.717, 1.165) is 11.1 Å². The van der Waals surface area contributed by atoms with E-state index in [1.165, 1.54) is 12.1 Å². The summed E-state index contributed by atoms with van der Waals surface area (Å²) in [5.41, 5.74) is 2.72.